The summed E-state index contributed by atoms with van der Waals surface area (Å²) in [5, 5.41) is 3.81. The molecule has 0 saturated carbocycles. The topological polar surface area (TPSA) is 48.2 Å². The second-order valence-corrected chi connectivity index (χ2v) is 3.79. The zero-order chi connectivity index (χ0) is 11.8. The van der Waals surface area contributed by atoms with E-state index in [0.29, 0.717) is 9.94 Å². The van der Waals surface area contributed by atoms with Crippen LogP contribution in [0.15, 0.2) is 16.7 Å². The molecule has 0 radical (unpaired) electrons. The van der Waals surface area contributed by atoms with Gasteiger partial charge in [0.2, 0.25) is 5.82 Å². The van der Waals surface area contributed by atoms with Gasteiger partial charge in [0.25, 0.3) is 0 Å². The summed E-state index contributed by atoms with van der Waals surface area (Å²) in [5.74, 6) is -1.45. The number of alkyl halides is 3. The van der Waals surface area contributed by atoms with Crippen LogP contribution in [0, 0.1) is 0 Å². The van der Waals surface area contributed by atoms with E-state index >= 15 is 0 Å². The maximum Gasteiger partial charge on any atom is 0.471 e. The molecule has 0 amide bonds. The van der Waals surface area contributed by atoms with E-state index < -0.39 is 12.1 Å². The third kappa shape index (κ3) is 2.01. The van der Waals surface area contributed by atoms with Crippen molar-refractivity contribution in [1.82, 2.24) is 10.1 Å². The fourth-order valence-corrected chi connectivity index (χ4v) is 1.74. The lowest BCUT2D eigenvalue weighted by atomic mass is 10.4. The Morgan fingerprint density at radius 2 is 2.12 bits per heavy atom. The monoisotopic (exact) mass is 250 g/mol. The van der Waals surface area contributed by atoms with Crippen LogP contribution in [0.3, 0.4) is 0 Å². The summed E-state index contributed by atoms with van der Waals surface area (Å²) in [6.07, 6.45) is -4.62. The molecule has 0 aromatic carbocycles. The molecule has 0 aliphatic rings. The number of hydrogen-bond donors (Lipinski definition) is 0. The molecule has 16 heavy (non-hydrogen) atoms. The fraction of sp³-hybridized carbons (Fsp3) is 0.250. The molecule has 4 nitrogen and oxygen atoms in total. The van der Waals surface area contributed by atoms with Crippen molar-refractivity contribution in [1.29, 1.82) is 0 Å². The largest absolute Gasteiger partial charge is 0.487 e. The predicted molar refractivity (Wildman–Crippen MR) is 49.2 cm³/mol. The van der Waals surface area contributed by atoms with Crippen LogP contribution in [0.2, 0.25) is 0 Å². The molecule has 2 aromatic rings. The van der Waals surface area contributed by atoms with Crippen LogP contribution in [-0.4, -0.2) is 17.3 Å². The lowest BCUT2D eigenvalue weighted by molar-refractivity contribution is -0.159. The zero-order valence-electron chi connectivity index (χ0n) is 7.91. The minimum absolute atomic E-state index is 0.0966. The molecule has 0 fully saturated rings. The van der Waals surface area contributed by atoms with Crippen molar-refractivity contribution in [2.24, 2.45) is 0 Å². The van der Waals surface area contributed by atoms with Gasteiger partial charge < -0.3 is 9.26 Å². The van der Waals surface area contributed by atoms with Gasteiger partial charge in [0.1, 0.15) is 0 Å². The number of ether oxygens (including phenoxy) is 1. The standard InChI is InChI=1S/C8H5F3N2O2S/c1-14-5-3-2-4(16-5)6-12-7(15-13-6)8(9,10)11/h2-3H,1H3. The SMILES string of the molecule is COc1ccc(-c2noc(C(F)(F)F)n2)s1. The first-order chi connectivity index (χ1) is 7.50. The summed E-state index contributed by atoms with van der Waals surface area (Å²) in [6, 6.07) is 3.18. The third-order valence-electron chi connectivity index (χ3n) is 1.67. The highest BCUT2D eigenvalue weighted by molar-refractivity contribution is 7.17. The average molecular weight is 250 g/mol. The van der Waals surface area contributed by atoms with E-state index in [1.807, 2.05) is 0 Å². The number of rotatable bonds is 2. The van der Waals surface area contributed by atoms with E-state index in [9.17, 15) is 13.2 Å². The molecule has 0 aliphatic heterocycles. The van der Waals surface area contributed by atoms with Gasteiger partial charge in [0.05, 0.1) is 12.0 Å². The number of nitrogens with zero attached hydrogens (tertiary/aromatic N) is 2. The van der Waals surface area contributed by atoms with Crippen molar-refractivity contribution in [3.8, 4) is 15.8 Å². The average Bonchev–Trinajstić information content (AvgIpc) is 2.85. The maximum absolute atomic E-state index is 12.2. The van der Waals surface area contributed by atoms with E-state index in [4.69, 9.17) is 4.74 Å². The van der Waals surface area contributed by atoms with Gasteiger partial charge in [-0.1, -0.05) is 16.5 Å². The molecule has 8 heteroatoms. The van der Waals surface area contributed by atoms with Crippen molar-refractivity contribution in [3.63, 3.8) is 0 Å². The molecule has 0 bridgehead atoms. The Kier molecular flexibility index (Phi) is 2.58. The molecule has 0 aliphatic carbocycles. The lowest BCUT2D eigenvalue weighted by Crippen LogP contribution is -2.04. The molecular weight excluding hydrogens is 245 g/mol. The Morgan fingerprint density at radius 1 is 1.38 bits per heavy atom. The molecule has 0 atom stereocenters. The number of aromatic nitrogens is 2. The first-order valence-corrected chi connectivity index (χ1v) is 4.87. The minimum Gasteiger partial charge on any atom is -0.487 e. The van der Waals surface area contributed by atoms with E-state index in [1.165, 1.54) is 7.11 Å². The molecule has 0 N–H and O–H groups in total. The molecule has 2 rings (SSSR count). The summed E-state index contributed by atoms with van der Waals surface area (Å²) in [6.45, 7) is 0. The molecule has 2 aromatic heterocycles. The highest BCUT2D eigenvalue weighted by atomic mass is 32.1. The number of thiophene rings is 1. The van der Waals surface area contributed by atoms with E-state index in [-0.39, 0.29) is 5.82 Å². The van der Waals surface area contributed by atoms with Crippen molar-refractivity contribution < 1.29 is 22.4 Å². The van der Waals surface area contributed by atoms with Gasteiger partial charge in [-0.05, 0) is 12.1 Å². The number of hydrogen-bond acceptors (Lipinski definition) is 5. The molecule has 86 valence electrons. The van der Waals surface area contributed by atoms with Crippen LogP contribution in [0.1, 0.15) is 5.89 Å². The van der Waals surface area contributed by atoms with E-state index in [2.05, 4.69) is 14.7 Å². The Labute approximate surface area is 91.7 Å². The normalized spacial score (nSPS) is 11.8. The minimum atomic E-state index is -4.62. The Balaban J connectivity index is 2.31. The smallest absolute Gasteiger partial charge is 0.471 e. The molecule has 0 unspecified atom stereocenters. The molecular formula is C8H5F3N2O2S. The second kappa shape index (κ2) is 3.78. The molecule has 0 spiro atoms. The Hall–Kier alpha value is -1.57. The lowest BCUT2D eigenvalue weighted by Gasteiger charge is -1.95. The van der Waals surface area contributed by atoms with Gasteiger partial charge in [-0.2, -0.15) is 18.2 Å². The first kappa shape index (κ1) is 10.9. The number of halogens is 3. The van der Waals surface area contributed by atoms with Gasteiger partial charge in [-0.15, -0.1) is 0 Å². The summed E-state index contributed by atoms with van der Waals surface area (Å²) in [5.41, 5.74) is 0. The predicted octanol–water partition coefficient (Wildman–Crippen LogP) is 2.83. The van der Waals surface area contributed by atoms with Gasteiger partial charge in [-0.3, -0.25) is 0 Å². The second-order valence-electron chi connectivity index (χ2n) is 2.74. The van der Waals surface area contributed by atoms with Crippen LogP contribution in [0.5, 0.6) is 5.06 Å². The summed E-state index contributed by atoms with van der Waals surface area (Å²) in [4.78, 5) is 3.71. The highest BCUT2D eigenvalue weighted by Gasteiger charge is 2.38. The number of methoxy groups -OCH3 is 1. The van der Waals surface area contributed by atoms with Crippen molar-refractivity contribution in [2.75, 3.05) is 7.11 Å². The van der Waals surface area contributed by atoms with Gasteiger partial charge in [-0.25, -0.2) is 0 Å². The van der Waals surface area contributed by atoms with Crippen LogP contribution >= 0.6 is 11.3 Å². The van der Waals surface area contributed by atoms with Crippen LogP contribution < -0.4 is 4.74 Å². The fourth-order valence-electron chi connectivity index (χ4n) is 0.989. The first-order valence-electron chi connectivity index (χ1n) is 4.06. The Morgan fingerprint density at radius 3 is 2.62 bits per heavy atom. The van der Waals surface area contributed by atoms with E-state index in [0.717, 1.165) is 11.3 Å². The van der Waals surface area contributed by atoms with Crippen molar-refractivity contribution in [3.05, 3.63) is 18.0 Å². The quantitative estimate of drug-likeness (QED) is 0.822. The van der Waals surface area contributed by atoms with E-state index in [1.54, 1.807) is 12.1 Å². The summed E-state index contributed by atoms with van der Waals surface area (Å²) in [7, 11) is 1.47. The van der Waals surface area contributed by atoms with Crippen LogP contribution in [0.4, 0.5) is 13.2 Å². The van der Waals surface area contributed by atoms with Crippen molar-refractivity contribution in [2.45, 2.75) is 6.18 Å². The summed E-state index contributed by atoms with van der Waals surface area (Å²) < 4.78 is 45.5. The van der Waals surface area contributed by atoms with Crippen LogP contribution in [-0.2, 0) is 6.18 Å². The maximum atomic E-state index is 12.2. The van der Waals surface area contributed by atoms with Gasteiger partial charge in [0.15, 0.2) is 5.06 Å². The van der Waals surface area contributed by atoms with Crippen molar-refractivity contribution >= 4 is 11.3 Å². The summed E-state index contributed by atoms with van der Waals surface area (Å²) >= 11 is 1.14. The molecule has 0 saturated heterocycles. The Bertz CT molecular complexity index is 491. The zero-order valence-corrected chi connectivity index (χ0v) is 8.72. The van der Waals surface area contributed by atoms with Crippen LogP contribution in [0.25, 0.3) is 10.7 Å². The molecule has 2 heterocycles. The third-order valence-corrected chi connectivity index (χ3v) is 2.71. The van der Waals surface area contributed by atoms with Gasteiger partial charge in [0, 0.05) is 0 Å². The van der Waals surface area contributed by atoms with Gasteiger partial charge >= 0.3 is 12.1 Å². The highest BCUT2D eigenvalue weighted by Crippen LogP contribution is 2.33.